The van der Waals surface area contributed by atoms with Crippen LogP contribution >= 0.6 is 0 Å². The van der Waals surface area contributed by atoms with Gasteiger partial charge < -0.3 is 11.1 Å². The van der Waals surface area contributed by atoms with Crippen molar-refractivity contribution in [3.8, 4) is 0 Å². The fourth-order valence-electron chi connectivity index (χ4n) is 7.41. The third-order valence-electron chi connectivity index (χ3n) is 8.77. The average molecular weight is 338 g/mol. The van der Waals surface area contributed by atoms with E-state index >= 15 is 0 Å². The van der Waals surface area contributed by atoms with Gasteiger partial charge in [0, 0.05) is 13.0 Å². The number of rotatable bonds is 1. The average Bonchev–Trinajstić information content (AvgIpc) is 2.97. The van der Waals surface area contributed by atoms with Crippen LogP contribution in [0.2, 0.25) is 0 Å². The fraction of sp³-hybridized carbons (Fsp3) is 0.810. The summed E-state index contributed by atoms with van der Waals surface area (Å²) < 4.78 is 0. The monoisotopic (exact) mass is 338 g/mol. The standard InChI is InChI=1S/C21H30N4/c1-13(24-22)17-6-7-18-16-5-4-14-12-15(25-23)8-10-20(14,2)19(16)9-11-21(17,18)3/h12,16-19H,4-11H2,1-3H3. The molecule has 0 aromatic carbocycles. The maximum absolute atomic E-state index is 9.32. The molecule has 0 saturated heterocycles. The molecule has 0 aromatic heterocycles. The Morgan fingerprint density at radius 2 is 1.84 bits per heavy atom. The van der Waals surface area contributed by atoms with Crippen LogP contribution in [0.1, 0.15) is 72.1 Å². The smallest absolute Gasteiger partial charge is 0.292 e. The van der Waals surface area contributed by atoms with Gasteiger partial charge in [-0.1, -0.05) is 19.4 Å². The van der Waals surface area contributed by atoms with E-state index in [0.29, 0.717) is 11.3 Å². The summed E-state index contributed by atoms with van der Waals surface area (Å²) >= 11 is 0. The van der Waals surface area contributed by atoms with Gasteiger partial charge in [0.2, 0.25) is 0 Å². The van der Waals surface area contributed by atoms with Crippen LogP contribution in [0.15, 0.2) is 11.6 Å². The Bertz CT molecular complexity index is 724. The minimum Gasteiger partial charge on any atom is -0.362 e. The summed E-state index contributed by atoms with van der Waals surface area (Å²) in [5.74, 6) is 2.77. The molecule has 0 bridgehead atoms. The summed E-state index contributed by atoms with van der Waals surface area (Å²) in [6, 6.07) is 0. The molecule has 0 radical (unpaired) electrons. The summed E-state index contributed by atoms with van der Waals surface area (Å²) in [6.45, 7) is 6.94. The van der Waals surface area contributed by atoms with Crippen LogP contribution in [-0.2, 0) is 0 Å². The molecule has 0 aliphatic heterocycles. The lowest BCUT2D eigenvalue weighted by Crippen LogP contribution is -2.51. The Morgan fingerprint density at radius 3 is 2.56 bits per heavy atom. The van der Waals surface area contributed by atoms with Gasteiger partial charge in [0.05, 0.1) is 12.3 Å². The Labute approximate surface area is 150 Å². The maximum atomic E-state index is 9.32. The van der Waals surface area contributed by atoms with E-state index in [0.717, 1.165) is 48.4 Å². The summed E-state index contributed by atoms with van der Waals surface area (Å²) in [4.78, 5) is 7.06. The van der Waals surface area contributed by atoms with Crippen LogP contribution in [0.3, 0.4) is 0 Å². The molecule has 4 rings (SSSR count). The van der Waals surface area contributed by atoms with Gasteiger partial charge in [0.1, 0.15) is 0 Å². The predicted molar refractivity (Wildman–Crippen MR) is 98.1 cm³/mol. The topological polar surface area (TPSA) is 72.8 Å². The number of fused-ring (bicyclic) bond motifs is 5. The third-order valence-corrected chi connectivity index (χ3v) is 8.77. The molecule has 4 nitrogen and oxygen atoms in total. The second-order valence-corrected chi connectivity index (χ2v) is 9.51. The zero-order valence-electron chi connectivity index (χ0n) is 15.8. The normalized spacial score (nSPS) is 45.4. The van der Waals surface area contributed by atoms with Crippen LogP contribution in [0, 0.1) is 34.5 Å². The molecule has 3 fully saturated rings. The van der Waals surface area contributed by atoms with E-state index in [-0.39, 0.29) is 5.41 Å². The van der Waals surface area contributed by atoms with Crippen molar-refractivity contribution in [1.82, 2.24) is 0 Å². The maximum Gasteiger partial charge on any atom is 0.292 e. The molecular formula is C21H30N4. The zero-order valence-corrected chi connectivity index (χ0v) is 15.8. The molecule has 134 valence electrons. The Morgan fingerprint density at radius 1 is 1.04 bits per heavy atom. The van der Waals surface area contributed by atoms with E-state index in [1.165, 1.54) is 37.7 Å². The van der Waals surface area contributed by atoms with Crippen LogP contribution < -0.4 is 0 Å². The quantitative estimate of drug-likeness (QED) is 0.369. The van der Waals surface area contributed by atoms with Gasteiger partial charge in [-0.05, 0) is 73.5 Å². The van der Waals surface area contributed by atoms with Crippen LogP contribution in [0.25, 0.3) is 11.1 Å². The molecule has 6 unspecified atom stereocenters. The summed E-state index contributed by atoms with van der Waals surface area (Å²) in [5, 5.41) is 0. The second kappa shape index (κ2) is 5.76. The van der Waals surface area contributed by atoms with Gasteiger partial charge in [-0.25, -0.2) is 0 Å². The molecule has 25 heavy (non-hydrogen) atoms. The predicted octanol–water partition coefficient (Wildman–Crippen LogP) is 4.93. The molecule has 0 spiro atoms. The summed E-state index contributed by atoms with van der Waals surface area (Å²) in [7, 11) is 0. The largest absolute Gasteiger partial charge is 0.362 e. The van der Waals surface area contributed by atoms with E-state index in [1.807, 2.05) is 6.92 Å². The number of hydrogen-bond acceptors (Lipinski definition) is 0. The highest BCUT2D eigenvalue weighted by molar-refractivity contribution is 5.92. The van der Waals surface area contributed by atoms with Crippen LogP contribution in [0.4, 0.5) is 0 Å². The second-order valence-electron chi connectivity index (χ2n) is 9.51. The van der Waals surface area contributed by atoms with Gasteiger partial charge in [0.25, 0.3) is 11.4 Å². The van der Waals surface area contributed by atoms with E-state index in [1.54, 1.807) is 0 Å². The van der Waals surface area contributed by atoms with Gasteiger partial charge in [-0.2, -0.15) is 9.58 Å². The van der Waals surface area contributed by atoms with E-state index < -0.39 is 0 Å². The van der Waals surface area contributed by atoms with Crippen molar-refractivity contribution in [2.45, 2.75) is 72.1 Å². The van der Waals surface area contributed by atoms with Gasteiger partial charge in [-0.15, -0.1) is 0 Å². The molecule has 4 aliphatic rings. The first-order valence-corrected chi connectivity index (χ1v) is 10.0. The lowest BCUT2D eigenvalue weighted by molar-refractivity contribution is -0.0575. The van der Waals surface area contributed by atoms with Gasteiger partial charge in [0.15, 0.2) is 0 Å². The molecule has 0 N–H and O–H groups in total. The molecule has 6 atom stereocenters. The van der Waals surface area contributed by atoms with Crippen molar-refractivity contribution in [1.29, 1.82) is 0 Å². The van der Waals surface area contributed by atoms with Gasteiger partial charge >= 0.3 is 0 Å². The molecule has 4 aliphatic carbocycles. The molecular weight excluding hydrogens is 308 g/mol. The third kappa shape index (κ3) is 2.27. The van der Waals surface area contributed by atoms with Crippen LogP contribution in [-0.4, -0.2) is 21.0 Å². The van der Waals surface area contributed by atoms with E-state index in [2.05, 4.69) is 29.5 Å². The Kier molecular flexibility index (Phi) is 3.90. The first-order chi connectivity index (χ1) is 11.9. The fourth-order valence-corrected chi connectivity index (χ4v) is 7.41. The van der Waals surface area contributed by atoms with Crippen molar-refractivity contribution in [3.05, 3.63) is 22.7 Å². The molecule has 0 aromatic rings. The number of allylic oxidation sites excluding steroid dienone is 2. The van der Waals surface area contributed by atoms with E-state index in [9.17, 15) is 11.1 Å². The first-order valence-electron chi connectivity index (χ1n) is 10.0. The lowest BCUT2D eigenvalue weighted by atomic mass is 9.46. The minimum atomic E-state index is 0.288. The molecule has 0 amide bonds. The lowest BCUT2D eigenvalue weighted by Gasteiger charge is -2.57. The molecule has 4 heteroatoms. The minimum absolute atomic E-state index is 0.288. The van der Waals surface area contributed by atoms with Crippen molar-refractivity contribution in [3.63, 3.8) is 0 Å². The van der Waals surface area contributed by atoms with E-state index in [4.69, 9.17) is 0 Å². The highest BCUT2D eigenvalue weighted by Gasteiger charge is 2.60. The Hall–Kier alpha value is -1.50. The van der Waals surface area contributed by atoms with Crippen molar-refractivity contribution in [2.24, 2.45) is 34.5 Å². The molecule has 0 heterocycles. The van der Waals surface area contributed by atoms with Crippen molar-refractivity contribution < 1.29 is 9.58 Å². The number of nitrogens with zero attached hydrogens (tertiary/aromatic N) is 4. The molecule has 3 saturated carbocycles. The van der Waals surface area contributed by atoms with Gasteiger partial charge in [-0.3, -0.25) is 0 Å². The first kappa shape index (κ1) is 16.9. The number of hydrogen-bond donors (Lipinski definition) is 0. The van der Waals surface area contributed by atoms with Crippen molar-refractivity contribution >= 4 is 11.4 Å². The SMILES string of the molecule is CC(=[N+]=[N-])C1CCC2C3CCC4=CC(=[N+]=[N-])CCC4(C)C3CCC12C. The zero-order chi connectivity index (χ0) is 17.8. The summed E-state index contributed by atoms with van der Waals surface area (Å²) in [5.41, 5.74) is 22.4. The summed E-state index contributed by atoms with van der Waals surface area (Å²) in [6.07, 6.45) is 11.6. The highest BCUT2D eigenvalue weighted by atomic mass is 14.9. The van der Waals surface area contributed by atoms with Crippen molar-refractivity contribution in [2.75, 3.05) is 0 Å². The Balaban J connectivity index is 1.67. The van der Waals surface area contributed by atoms with Crippen LogP contribution in [0.5, 0.6) is 0 Å². The highest BCUT2D eigenvalue weighted by Crippen LogP contribution is 2.66.